The molecule has 0 aromatic heterocycles. The molecule has 1 atom stereocenters. The number of nitrogens with one attached hydrogen (secondary N) is 1. The van der Waals surface area contributed by atoms with Crippen molar-refractivity contribution in [1.29, 1.82) is 0 Å². The molecule has 0 radical (unpaired) electrons. The highest BCUT2D eigenvalue weighted by Gasteiger charge is 2.35. The molecule has 43 heavy (non-hydrogen) atoms. The molecule has 1 saturated carbocycles. The number of carbonyl (C=O) groups is 2. The van der Waals surface area contributed by atoms with Crippen LogP contribution in [0.3, 0.4) is 0 Å². The fraction of sp³-hybridized carbons (Fsp3) is 0.412. The van der Waals surface area contributed by atoms with Crippen LogP contribution in [0.25, 0.3) is 0 Å². The average molecular weight is 606 g/mol. The largest absolute Gasteiger partial charge is 0.492 e. The molecule has 1 aliphatic carbocycles. The first-order valence-electron chi connectivity index (χ1n) is 15.2. The van der Waals surface area contributed by atoms with Gasteiger partial charge in [-0.1, -0.05) is 86.3 Å². The molecule has 3 aromatic rings. The average Bonchev–Trinajstić information content (AvgIpc) is 3.02. The number of para-hydroxylation sites is 2. The van der Waals surface area contributed by atoms with E-state index >= 15 is 0 Å². The van der Waals surface area contributed by atoms with Gasteiger partial charge in [0.2, 0.25) is 11.8 Å². The Labute approximate surface area is 256 Å². The third-order valence-electron chi connectivity index (χ3n) is 7.85. The summed E-state index contributed by atoms with van der Waals surface area (Å²) in [5, 5.41) is 3.18. The van der Waals surface area contributed by atoms with E-state index in [9.17, 15) is 18.0 Å². The molecule has 0 saturated heterocycles. The van der Waals surface area contributed by atoms with Gasteiger partial charge in [0.05, 0.1) is 17.2 Å². The van der Waals surface area contributed by atoms with E-state index in [-0.39, 0.29) is 29.1 Å². The summed E-state index contributed by atoms with van der Waals surface area (Å²) < 4.78 is 35.1. The van der Waals surface area contributed by atoms with Crippen LogP contribution in [0.5, 0.6) is 5.75 Å². The van der Waals surface area contributed by atoms with E-state index in [1.165, 1.54) is 17.0 Å². The van der Waals surface area contributed by atoms with Gasteiger partial charge >= 0.3 is 0 Å². The molecule has 0 spiro atoms. The molecule has 1 fully saturated rings. The Morgan fingerprint density at radius 1 is 0.907 bits per heavy atom. The second kappa shape index (κ2) is 15.0. The highest BCUT2D eigenvalue weighted by molar-refractivity contribution is 7.92. The van der Waals surface area contributed by atoms with Gasteiger partial charge in [-0.2, -0.15) is 0 Å². The molecular weight excluding hydrogens is 562 g/mol. The van der Waals surface area contributed by atoms with E-state index < -0.39 is 28.5 Å². The molecule has 4 rings (SSSR count). The van der Waals surface area contributed by atoms with E-state index in [2.05, 4.69) is 5.32 Å². The third-order valence-corrected chi connectivity index (χ3v) is 9.63. The van der Waals surface area contributed by atoms with Crippen LogP contribution in [-0.4, -0.2) is 50.4 Å². The quantitative estimate of drug-likeness (QED) is 0.264. The maximum absolute atomic E-state index is 14.3. The Morgan fingerprint density at radius 2 is 1.56 bits per heavy atom. The van der Waals surface area contributed by atoms with E-state index in [1.54, 1.807) is 42.5 Å². The number of amides is 2. The minimum atomic E-state index is -4.17. The summed E-state index contributed by atoms with van der Waals surface area (Å²) in [6, 6.07) is 22.0. The maximum atomic E-state index is 14.3. The zero-order valence-electron chi connectivity index (χ0n) is 25.4. The Bertz CT molecular complexity index is 1450. The van der Waals surface area contributed by atoms with Gasteiger partial charge in [-0.25, -0.2) is 8.42 Å². The smallest absolute Gasteiger partial charge is 0.264 e. The van der Waals surface area contributed by atoms with Crippen LogP contribution in [0, 0.1) is 6.92 Å². The van der Waals surface area contributed by atoms with Crippen molar-refractivity contribution in [3.63, 3.8) is 0 Å². The lowest BCUT2D eigenvalue weighted by Crippen LogP contribution is -2.54. The van der Waals surface area contributed by atoms with Gasteiger partial charge in [-0.05, 0) is 62.9 Å². The summed E-state index contributed by atoms with van der Waals surface area (Å²) in [4.78, 5) is 29.6. The SMILES string of the molecule is CCOc1ccccc1N(CC(=O)N(Cc1ccc(C)cc1)[C@H](CC)C(=O)NC1CCCCC1)S(=O)(=O)c1ccccc1. The lowest BCUT2D eigenvalue weighted by atomic mass is 9.95. The van der Waals surface area contributed by atoms with E-state index in [0.717, 1.165) is 47.5 Å². The second-order valence-electron chi connectivity index (χ2n) is 11.0. The Hall–Kier alpha value is -3.85. The monoisotopic (exact) mass is 605 g/mol. The number of benzene rings is 3. The van der Waals surface area contributed by atoms with Crippen molar-refractivity contribution in [3.05, 3.63) is 90.0 Å². The molecule has 0 aliphatic heterocycles. The van der Waals surface area contributed by atoms with Crippen LogP contribution < -0.4 is 14.4 Å². The lowest BCUT2D eigenvalue weighted by Gasteiger charge is -2.34. The molecular formula is C34H43N3O5S. The molecule has 0 unspecified atom stereocenters. The van der Waals surface area contributed by atoms with Crippen molar-refractivity contribution < 1.29 is 22.7 Å². The molecule has 1 aliphatic rings. The topological polar surface area (TPSA) is 96.0 Å². The summed E-state index contributed by atoms with van der Waals surface area (Å²) in [7, 11) is -4.17. The van der Waals surface area contributed by atoms with Crippen molar-refractivity contribution in [2.75, 3.05) is 17.5 Å². The highest BCUT2D eigenvalue weighted by atomic mass is 32.2. The fourth-order valence-corrected chi connectivity index (χ4v) is 6.97. The Kier molecular flexibility index (Phi) is 11.2. The van der Waals surface area contributed by atoms with Crippen molar-refractivity contribution in [3.8, 4) is 5.75 Å². The van der Waals surface area contributed by atoms with Gasteiger partial charge in [-0.3, -0.25) is 13.9 Å². The highest BCUT2D eigenvalue weighted by Crippen LogP contribution is 2.33. The van der Waals surface area contributed by atoms with Gasteiger partial charge < -0.3 is 15.0 Å². The number of rotatable bonds is 13. The van der Waals surface area contributed by atoms with Gasteiger partial charge in [-0.15, -0.1) is 0 Å². The lowest BCUT2D eigenvalue weighted by molar-refractivity contribution is -0.140. The minimum Gasteiger partial charge on any atom is -0.492 e. The standard InChI is InChI=1S/C34H43N3O5S/c1-4-30(34(39)35-28-14-8-6-9-15-28)36(24-27-22-20-26(3)21-23-27)33(38)25-37(31-18-12-13-19-32(31)42-5-2)43(40,41)29-16-10-7-11-17-29/h7,10-13,16-23,28,30H,4-6,8-9,14-15,24-25H2,1-3H3,(H,35,39)/t30-/m1/s1. The zero-order valence-corrected chi connectivity index (χ0v) is 26.2. The van der Waals surface area contributed by atoms with Crippen LogP contribution >= 0.6 is 0 Å². The molecule has 0 heterocycles. The molecule has 8 nitrogen and oxygen atoms in total. The maximum Gasteiger partial charge on any atom is 0.264 e. The van der Waals surface area contributed by atoms with Crippen LogP contribution in [0.4, 0.5) is 5.69 Å². The molecule has 1 N–H and O–H groups in total. The number of hydrogen-bond donors (Lipinski definition) is 1. The molecule has 3 aromatic carbocycles. The molecule has 2 amide bonds. The van der Waals surface area contributed by atoms with Crippen molar-refractivity contribution in [1.82, 2.24) is 10.2 Å². The first kappa shape index (κ1) is 32.1. The summed E-state index contributed by atoms with van der Waals surface area (Å²) in [5.74, 6) is -0.330. The van der Waals surface area contributed by atoms with Crippen LogP contribution in [0.15, 0.2) is 83.8 Å². The molecule has 9 heteroatoms. The van der Waals surface area contributed by atoms with E-state index in [4.69, 9.17) is 4.74 Å². The van der Waals surface area contributed by atoms with Gasteiger partial charge in [0.25, 0.3) is 10.0 Å². The number of anilines is 1. The summed E-state index contributed by atoms with van der Waals surface area (Å²) in [6.45, 7) is 5.67. The van der Waals surface area contributed by atoms with Gasteiger partial charge in [0.1, 0.15) is 18.3 Å². The van der Waals surface area contributed by atoms with Crippen molar-refractivity contribution in [2.24, 2.45) is 0 Å². The second-order valence-corrected chi connectivity index (χ2v) is 12.9. The zero-order chi connectivity index (χ0) is 30.8. The van der Waals surface area contributed by atoms with Gasteiger partial charge in [0, 0.05) is 12.6 Å². The van der Waals surface area contributed by atoms with Crippen LogP contribution in [0.1, 0.15) is 63.5 Å². The van der Waals surface area contributed by atoms with Crippen LogP contribution in [0.2, 0.25) is 0 Å². The fourth-order valence-electron chi connectivity index (χ4n) is 5.53. The van der Waals surface area contributed by atoms with Crippen LogP contribution in [-0.2, 0) is 26.2 Å². The Balaban J connectivity index is 1.73. The summed E-state index contributed by atoms with van der Waals surface area (Å²) in [5.41, 5.74) is 2.20. The number of aryl methyl sites for hydroxylation is 1. The predicted octanol–water partition coefficient (Wildman–Crippen LogP) is 5.85. The number of ether oxygens (including phenoxy) is 1. The number of carbonyl (C=O) groups excluding carboxylic acids is 2. The number of nitrogens with zero attached hydrogens (tertiary/aromatic N) is 2. The number of sulfonamides is 1. The number of hydrogen-bond acceptors (Lipinski definition) is 5. The molecule has 0 bridgehead atoms. The normalized spacial score (nSPS) is 14.5. The molecule has 230 valence electrons. The van der Waals surface area contributed by atoms with Gasteiger partial charge in [0.15, 0.2) is 0 Å². The summed E-state index contributed by atoms with van der Waals surface area (Å²) in [6.07, 6.45) is 5.53. The first-order chi connectivity index (χ1) is 20.7. The first-order valence-corrected chi connectivity index (χ1v) is 16.6. The van der Waals surface area contributed by atoms with E-state index in [0.29, 0.717) is 18.8 Å². The van der Waals surface area contributed by atoms with E-state index in [1.807, 2.05) is 45.0 Å². The minimum absolute atomic E-state index is 0.0567. The van der Waals surface area contributed by atoms with Crippen molar-refractivity contribution in [2.45, 2.75) is 82.8 Å². The Morgan fingerprint density at radius 3 is 2.21 bits per heavy atom. The van der Waals surface area contributed by atoms with Crippen molar-refractivity contribution >= 4 is 27.5 Å². The summed E-state index contributed by atoms with van der Waals surface area (Å²) >= 11 is 0. The third kappa shape index (κ3) is 8.16. The predicted molar refractivity (Wildman–Crippen MR) is 169 cm³/mol.